The molecule has 3 nitrogen and oxygen atoms in total. The molecule has 1 aliphatic rings. The van der Waals surface area contributed by atoms with Gasteiger partial charge in [-0.3, -0.25) is 4.90 Å². The van der Waals surface area contributed by atoms with E-state index in [2.05, 4.69) is 4.90 Å². The molecule has 0 aromatic heterocycles. The van der Waals surface area contributed by atoms with E-state index < -0.39 is 0 Å². The van der Waals surface area contributed by atoms with Crippen molar-refractivity contribution >= 4 is 12.4 Å². The summed E-state index contributed by atoms with van der Waals surface area (Å²) in [4.78, 5) is 2.32. The van der Waals surface area contributed by atoms with Crippen LogP contribution in [0, 0.1) is 5.82 Å². The quantitative estimate of drug-likeness (QED) is 0.913. The summed E-state index contributed by atoms with van der Waals surface area (Å²) in [6, 6.07) is 6.42. The molecule has 1 atom stereocenters. The van der Waals surface area contributed by atoms with Crippen LogP contribution in [0.15, 0.2) is 24.3 Å². The van der Waals surface area contributed by atoms with Gasteiger partial charge in [0.1, 0.15) is 18.2 Å². The van der Waals surface area contributed by atoms with Gasteiger partial charge in [0.15, 0.2) is 0 Å². The Morgan fingerprint density at radius 1 is 1.33 bits per heavy atom. The second-order valence-corrected chi connectivity index (χ2v) is 4.51. The molecular formula is C13H20ClFN2O. The smallest absolute Gasteiger partial charge is 0.123 e. The molecule has 2 rings (SSSR count). The number of likely N-dealkylation sites (tertiary alicyclic amines) is 1. The van der Waals surface area contributed by atoms with E-state index in [-0.39, 0.29) is 18.2 Å². The Bertz CT molecular complexity index is 347. The standard InChI is InChI=1S/C13H19FN2O.ClH/c14-11-3-5-13(6-4-11)17-9-8-16-7-1-2-12(15)10-16;/h3-6,12H,1-2,7-10,15H2;1H. The summed E-state index contributed by atoms with van der Waals surface area (Å²) in [6.45, 7) is 3.55. The minimum Gasteiger partial charge on any atom is -0.492 e. The maximum absolute atomic E-state index is 12.7. The van der Waals surface area contributed by atoms with Gasteiger partial charge >= 0.3 is 0 Å². The third-order valence-electron chi connectivity index (χ3n) is 3.03. The van der Waals surface area contributed by atoms with Crippen LogP contribution in [0.4, 0.5) is 4.39 Å². The van der Waals surface area contributed by atoms with Crippen molar-refractivity contribution in [1.29, 1.82) is 0 Å². The second-order valence-electron chi connectivity index (χ2n) is 4.51. The monoisotopic (exact) mass is 274 g/mol. The predicted octanol–water partition coefficient (Wildman–Crippen LogP) is 2.05. The molecule has 1 unspecified atom stereocenters. The van der Waals surface area contributed by atoms with Crippen molar-refractivity contribution in [1.82, 2.24) is 4.90 Å². The number of piperidine rings is 1. The average molecular weight is 275 g/mol. The van der Waals surface area contributed by atoms with E-state index in [9.17, 15) is 4.39 Å². The lowest BCUT2D eigenvalue weighted by molar-refractivity contribution is 0.171. The van der Waals surface area contributed by atoms with Gasteiger partial charge in [-0.1, -0.05) is 0 Å². The average Bonchev–Trinajstić information content (AvgIpc) is 2.32. The molecule has 0 saturated carbocycles. The molecule has 5 heteroatoms. The van der Waals surface area contributed by atoms with Gasteiger partial charge in [0.2, 0.25) is 0 Å². The lowest BCUT2D eigenvalue weighted by atomic mass is 10.1. The number of halogens is 2. The van der Waals surface area contributed by atoms with E-state index in [1.54, 1.807) is 12.1 Å². The van der Waals surface area contributed by atoms with Gasteiger partial charge in [0, 0.05) is 19.1 Å². The van der Waals surface area contributed by atoms with E-state index in [1.165, 1.54) is 12.1 Å². The molecule has 2 N–H and O–H groups in total. The minimum atomic E-state index is -0.237. The van der Waals surface area contributed by atoms with Crippen LogP contribution < -0.4 is 10.5 Å². The summed E-state index contributed by atoms with van der Waals surface area (Å²) in [5.74, 6) is 0.479. The predicted molar refractivity (Wildman–Crippen MR) is 72.8 cm³/mol. The lowest BCUT2D eigenvalue weighted by Crippen LogP contribution is -2.44. The Labute approximate surface area is 114 Å². The van der Waals surface area contributed by atoms with Crippen molar-refractivity contribution in [3.8, 4) is 5.75 Å². The highest BCUT2D eigenvalue weighted by Gasteiger charge is 2.15. The normalized spacial score (nSPS) is 20.2. The molecular weight excluding hydrogens is 255 g/mol. The zero-order valence-electron chi connectivity index (χ0n) is 10.3. The number of benzene rings is 1. The Kier molecular flexibility index (Phi) is 6.39. The molecule has 1 aliphatic heterocycles. The molecule has 0 radical (unpaired) electrons. The van der Waals surface area contributed by atoms with Crippen molar-refractivity contribution in [2.24, 2.45) is 5.73 Å². The molecule has 18 heavy (non-hydrogen) atoms. The Morgan fingerprint density at radius 2 is 2.06 bits per heavy atom. The summed E-state index contributed by atoms with van der Waals surface area (Å²) < 4.78 is 18.2. The zero-order valence-corrected chi connectivity index (χ0v) is 11.2. The molecule has 0 spiro atoms. The first kappa shape index (κ1) is 15.2. The van der Waals surface area contributed by atoms with Crippen LogP contribution in [0.5, 0.6) is 5.75 Å². The first-order chi connectivity index (χ1) is 8.24. The molecule has 1 aromatic carbocycles. The van der Waals surface area contributed by atoms with E-state index in [0.29, 0.717) is 18.4 Å². The Balaban J connectivity index is 0.00000162. The van der Waals surface area contributed by atoms with Gasteiger partial charge < -0.3 is 10.5 Å². The molecule has 1 saturated heterocycles. The summed E-state index contributed by atoms with van der Waals surface area (Å²) >= 11 is 0. The SMILES string of the molecule is Cl.NC1CCCN(CCOc2ccc(F)cc2)C1. The number of rotatable bonds is 4. The van der Waals surface area contributed by atoms with Crippen LogP contribution in [-0.2, 0) is 0 Å². The van der Waals surface area contributed by atoms with E-state index >= 15 is 0 Å². The maximum atomic E-state index is 12.7. The fraction of sp³-hybridized carbons (Fsp3) is 0.538. The van der Waals surface area contributed by atoms with Gasteiger partial charge in [0.05, 0.1) is 0 Å². The first-order valence-corrected chi connectivity index (χ1v) is 6.10. The van der Waals surface area contributed by atoms with Gasteiger partial charge in [-0.05, 0) is 43.7 Å². The van der Waals surface area contributed by atoms with Crippen molar-refractivity contribution in [3.63, 3.8) is 0 Å². The summed E-state index contributed by atoms with van der Waals surface area (Å²) in [5, 5.41) is 0. The Morgan fingerprint density at radius 3 is 2.72 bits per heavy atom. The van der Waals surface area contributed by atoms with Crippen LogP contribution >= 0.6 is 12.4 Å². The molecule has 1 fully saturated rings. The molecule has 0 bridgehead atoms. The lowest BCUT2D eigenvalue weighted by Gasteiger charge is -2.30. The Hall–Kier alpha value is -0.840. The first-order valence-electron chi connectivity index (χ1n) is 6.10. The highest BCUT2D eigenvalue weighted by Crippen LogP contribution is 2.12. The summed E-state index contributed by atoms with van der Waals surface area (Å²) in [5.41, 5.74) is 5.90. The molecule has 0 amide bonds. The minimum absolute atomic E-state index is 0. The van der Waals surface area contributed by atoms with Gasteiger partial charge in [-0.15, -0.1) is 12.4 Å². The van der Waals surface area contributed by atoms with Crippen LogP contribution in [0.2, 0.25) is 0 Å². The zero-order chi connectivity index (χ0) is 12.1. The van der Waals surface area contributed by atoms with Crippen LogP contribution in [0.3, 0.4) is 0 Å². The number of hydrogen-bond acceptors (Lipinski definition) is 3. The summed E-state index contributed by atoms with van der Waals surface area (Å²) in [7, 11) is 0. The van der Waals surface area contributed by atoms with Crippen LogP contribution in [-0.4, -0.2) is 37.2 Å². The third-order valence-corrected chi connectivity index (χ3v) is 3.03. The maximum Gasteiger partial charge on any atom is 0.123 e. The van der Waals surface area contributed by atoms with E-state index in [0.717, 1.165) is 32.5 Å². The largest absolute Gasteiger partial charge is 0.492 e. The fourth-order valence-electron chi connectivity index (χ4n) is 2.12. The second kappa shape index (κ2) is 7.56. The van der Waals surface area contributed by atoms with Crippen LogP contribution in [0.25, 0.3) is 0 Å². The van der Waals surface area contributed by atoms with E-state index in [4.69, 9.17) is 10.5 Å². The molecule has 1 aromatic rings. The number of hydrogen-bond donors (Lipinski definition) is 1. The van der Waals surface area contributed by atoms with Crippen molar-refractivity contribution in [3.05, 3.63) is 30.1 Å². The number of ether oxygens (including phenoxy) is 1. The van der Waals surface area contributed by atoms with Gasteiger partial charge in [0.25, 0.3) is 0 Å². The summed E-state index contributed by atoms with van der Waals surface area (Å²) in [6.07, 6.45) is 2.28. The van der Waals surface area contributed by atoms with Crippen molar-refractivity contribution in [2.45, 2.75) is 18.9 Å². The topological polar surface area (TPSA) is 38.5 Å². The highest BCUT2D eigenvalue weighted by atomic mass is 35.5. The van der Waals surface area contributed by atoms with Gasteiger partial charge in [-0.2, -0.15) is 0 Å². The molecule has 0 aliphatic carbocycles. The number of nitrogens with zero attached hydrogens (tertiary/aromatic N) is 1. The molecule has 102 valence electrons. The fourth-order valence-corrected chi connectivity index (χ4v) is 2.12. The highest BCUT2D eigenvalue weighted by molar-refractivity contribution is 5.85. The van der Waals surface area contributed by atoms with E-state index in [1.807, 2.05) is 0 Å². The van der Waals surface area contributed by atoms with Crippen molar-refractivity contribution < 1.29 is 9.13 Å². The van der Waals surface area contributed by atoms with Gasteiger partial charge in [-0.25, -0.2) is 4.39 Å². The molecule has 1 heterocycles. The number of nitrogens with two attached hydrogens (primary N) is 1. The third kappa shape index (κ3) is 4.80. The van der Waals surface area contributed by atoms with Crippen LogP contribution in [0.1, 0.15) is 12.8 Å². The van der Waals surface area contributed by atoms with Crippen molar-refractivity contribution in [2.75, 3.05) is 26.2 Å².